The second-order valence-corrected chi connectivity index (χ2v) is 7.62. The summed E-state index contributed by atoms with van der Waals surface area (Å²) in [6.07, 6.45) is 3.10. The molecular weight excluding hydrogens is 340 g/mol. The maximum atomic E-state index is 12.9. The van der Waals surface area contributed by atoms with Crippen molar-refractivity contribution in [3.05, 3.63) is 34.9 Å². The van der Waals surface area contributed by atoms with Crippen LogP contribution in [0.2, 0.25) is 5.02 Å². The summed E-state index contributed by atoms with van der Waals surface area (Å²) in [5.74, 6) is 0.0474. The average molecular weight is 367 g/mol. The standard InChI is InChI=1S/C19H27ClN2O3/c20-16-3-1-2-15(12-16)19(6-10-25-11-7-19)14-22-17(23)18(13-21)4-8-24-9-5-18/h1-3,12H,4-11,13-14,21H2,(H,22,23). The van der Waals surface area contributed by atoms with Crippen molar-refractivity contribution in [2.75, 3.05) is 39.5 Å². The molecule has 0 bridgehead atoms. The number of hydrogen-bond acceptors (Lipinski definition) is 4. The SMILES string of the molecule is NCC1(C(=O)NCC2(c3cccc(Cl)c3)CCOCC2)CCOCC1. The average Bonchev–Trinajstić information content (AvgIpc) is 2.67. The molecule has 1 aromatic carbocycles. The molecule has 2 saturated heterocycles. The minimum Gasteiger partial charge on any atom is -0.381 e. The maximum Gasteiger partial charge on any atom is 0.227 e. The van der Waals surface area contributed by atoms with Crippen LogP contribution in [0.25, 0.3) is 0 Å². The summed E-state index contributed by atoms with van der Waals surface area (Å²) in [6.45, 7) is 3.51. The number of amides is 1. The van der Waals surface area contributed by atoms with Crippen LogP contribution in [-0.2, 0) is 19.7 Å². The Hall–Kier alpha value is -1.14. The number of ether oxygens (including phenoxy) is 2. The van der Waals surface area contributed by atoms with Crippen molar-refractivity contribution in [2.24, 2.45) is 11.1 Å². The van der Waals surface area contributed by atoms with E-state index >= 15 is 0 Å². The summed E-state index contributed by atoms with van der Waals surface area (Å²) < 4.78 is 11.0. The van der Waals surface area contributed by atoms with Gasteiger partial charge in [0.15, 0.2) is 0 Å². The van der Waals surface area contributed by atoms with Gasteiger partial charge in [0, 0.05) is 50.0 Å². The molecule has 1 amide bonds. The van der Waals surface area contributed by atoms with Crippen molar-refractivity contribution >= 4 is 17.5 Å². The van der Waals surface area contributed by atoms with Crippen LogP contribution < -0.4 is 11.1 Å². The van der Waals surface area contributed by atoms with Gasteiger partial charge in [-0.15, -0.1) is 0 Å². The van der Waals surface area contributed by atoms with Gasteiger partial charge in [-0.2, -0.15) is 0 Å². The van der Waals surface area contributed by atoms with Gasteiger partial charge >= 0.3 is 0 Å². The molecule has 6 heteroatoms. The molecule has 0 aromatic heterocycles. The molecule has 0 spiro atoms. The summed E-state index contributed by atoms with van der Waals surface area (Å²) in [4.78, 5) is 12.9. The van der Waals surface area contributed by atoms with Crippen molar-refractivity contribution in [1.82, 2.24) is 5.32 Å². The van der Waals surface area contributed by atoms with Crippen molar-refractivity contribution in [3.63, 3.8) is 0 Å². The Morgan fingerprint density at radius 3 is 2.36 bits per heavy atom. The van der Waals surface area contributed by atoms with E-state index in [9.17, 15) is 4.79 Å². The van der Waals surface area contributed by atoms with Gasteiger partial charge in [-0.05, 0) is 43.4 Å². The molecule has 2 heterocycles. The minimum absolute atomic E-state index is 0.0474. The highest BCUT2D eigenvalue weighted by atomic mass is 35.5. The maximum absolute atomic E-state index is 12.9. The summed E-state index contributed by atoms with van der Waals surface area (Å²) in [5, 5.41) is 3.92. The van der Waals surface area contributed by atoms with E-state index in [1.807, 2.05) is 18.2 Å². The van der Waals surface area contributed by atoms with Crippen molar-refractivity contribution in [1.29, 1.82) is 0 Å². The number of carbonyl (C=O) groups is 1. The number of carbonyl (C=O) groups excluding carboxylic acids is 1. The first-order chi connectivity index (χ1) is 12.1. The first-order valence-electron chi connectivity index (χ1n) is 9.00. The smallest absolute Gasteiger partial charge is 0.227 e. The van der Waals surface area contributed by atoms with Crippen LogP contribution in [0.1, 0.15) is 31.2 Å². The lowest BCUT2D eigenvalue weighted by molar-refractivity contribution is -0.136. The number of nitrogens with two attached hydrogens (primary N) is 1. The zero-order valence-corrected chi connectivity index (χ0v) is 15.3. The van der Waals surface area contributed by atoms with Crippen LogP contribution in [-0.4, -0.2) is 45.4 Å². The van der Waals surface area contributed by atoms with E-state index in [-0.39, 0.29) is 11.3 Å². The van der Waals surface area contributed by atoms with E-state index in [4.69, 9.17) is 26.8 Å². The Balaban J connectivity index is 1.76. The van der Waals surface area contributed by atoms with Gasteiger partial charge in [0.05, 0.1) is 5.41 Å². The van der Waals surface area contributed by atoms with E-state index in [0.29, 0.717) is 52.4 Å². The van der Waals surface area contributed by atoms with Crippen molar-refractivity contribution < 1.29 is 14.3 Å². The summed E-state index contributed by atoms with van der Waals surface area (Å²) in [5.41, 5.74) is 6.48. The zero-order chi connectivity index (χ0) is 17.8. The number of halogens is 1. The van der Waals surface area contributed by atoms with Crippen molar-refractivity contribution in [3.8, 4) is 0 Å². The molecule has 0 saturated carbocycles. The van der Waals surface area contributed by atoms with Crippen LogP contribution in [0.15, 0.2) is 24.3 Å². The predicted molar refractivity (Wildman–Crippen MR) is 97.7 cm³/mol. The lowest BCUT2D eigenvalue weighted by Crippen LogP contribution is -2.53. The molecular formula is C19H27ClN2O3. The fourth-order valence-electron chi connectivity index (χ4n) is 3.87. The van der Waals surface area contributed by atoms with Crippen LogP contribution in [0, 0.1) is 5.41 Å². The van der Waals surface area contributed by atoms with Crippen LogP contribution in [0.5, 0.6) is 0 Å². The summed E-state index contributed by atoms with van der Waals surface area (Å²) in [6, 6.07) is 7.95. The fraction of sp³-hybridized carbons (Fsp3) is 0.632. The van der Waals surface area contributed by atoms with E-state index in [1.165, 1.54) is 0 Å². The van der Waals surface area contributed by atoms with E-state index in [1.54, 1.807) is 0 Å². The third kappa shape index (κ3) is 4.00. The van der Waals surface area contributed by atoms with E-state index < -0.39 is 5.41 Å². The van der Waals surface area contributed by atoms with Gasteiger partial charge in [-0.1, -0.05) is 23.7 Å². The number of nitrogens with one attached hydrogen (secondary N) is 1. The Morgan fingerprint density at radius 2 is 1.76 bits per heavy atom. The fourth-order valence-corrected chi connectivity index (χ4v) is 4.06. The molecule has 2 aliphatic rings. The largest absolute Gasteiger partial charge is 0.381 e. The Kier molecular flexibility index (Phi) is 6.00. The highest BCUT2D eigenvalue weighted by molar-refractivity contribution is 6.30. The molecule has 25 heavy (non-hydrogen) atoms. The summed E-state index contributed by atoms with van der Waals surface area (Å²) >= 11 is 6.21. The molecule has 0 atom stereocenters. The minimum atomic E-state index is -0.501. The normalized spacial score (nSPS) is 22.3. The topological polar surface area (TPSA) is 73.6 Å². The highest BCUT2D eigenvalue weighted by Gasteiger charge is 2.41. The Labute approximate surface area is 154 Å². The molecule has 1 aromatic rings. The van der Waals surface area contributed by atoms with Gasteiger partial charge in [0.1, 0.15) is 0 Å². The lowest BCUT2D eigenvalue weighted by Gasteiger charge is -2.40. The molecule has 0 radical (unpaired) electrons. The highest BCUT2D eigenvalue weighted by Crippen LogP contribution is 2.36. The molecule has 5 nitrogen and oxygen atoms in total. The predicted octanol–water partition coefficient (Wildman–Crippen LogP) is 2.26. The second-order valence-electron chi connectivity index (χ2n) is 7.18. The first-order valence-corrected chi connectivity index (χ1v) is 9.38. The van der Waals surface area contributed by atoms with Crippen molar-refractivity contribution in [2.45, 2.75) is 31.1 Å². The third-order valence-corrected chi connectivity index (χ3v) is 6.03. The van der Waals surface area contributed by atoms with Crippen LogP contribution in [0.4, 0.5) is 0 Å². The van der Waals surface area contributed by atoms with Gasteiger partial charge in [0.25, 0.3) is 0 Å². The molecule has 3 N–H and O–H groups in total. The molecule has 2 fully saturated rings. The monoisotopic (exact) mass is 366 g/mol. The van der Waals surface area contributed by atoms with Gasteiger partial charge in [0.2, 0.25) is 5.91 Å². The molecule has 0 aliphatic carbocycles. The zero-order valence-electron chi connectivity index (χ0n) is 14.6. The third-order valence-electron chi connectivity index (χ3n) is 5.80. The number of benzene rings is 1. The molecule has 3 rings (SSSR count). The lowest BCUT2D eigenvalue weighted by atomic mass is 9.73. The quantitative estimate of drug-likeness (QED) is 0.838. The molecule has 2 aliphatic heterocycles. The summed E-state index contributed by atoms with van der Waals surface area (Å²) in [7, 11) is 0. The van der Waals surface area contributed by atoms with Crippen LogP contribution >= 0.6 is 11.6 Å². The molecule has 138 valence electrons. The number of hydrogen-bond donors (Lipinski definition) is 2. The van der Waals surface area contributed by atoms with E-state index in [0.717, 1.165) is 23.4 Å². The van der Waals surface area contributed by atoms with Gasteiger partial charge in [-0.25, -0.2) is 0 Å². The van der Waals surface area contributed by atoms with Gasteiger partial charge in [-0.3, -0.25) is 4.79 Å². The Bertz CT molecular complexity index is 596. The second kappa shape index (κ2) is 8.04. The van der Waals surface area contributed by atoms with Gasteiger partial charge < -0.3 is 20.5 Å². The van der Waals surface area contributed by atoms with Crippen LogP contribution in [0.3, 0.4) is 0 Å². The Morgan fingerprint density at radius 1 is 1.12 bits per heavy atom. The molecule has 0 unspecified atom stereocenters. The van der Waals surface area contributed by atoms with E-state index in [2.05, 4.69) is 11.4 Å². The first kappa shape index (κ1) is 18.6. The number of rotatable bonds is 5.